The second kappa shape index (κ2) is 9.18. The summed E-state index contributed by atoms with van der Waals surface area (Å²) < 4.78 is 11.0. The van der Waals surface area contributed by atoms with E-state index in [9.17, 15) is 9.36 Å². The second-order valence-corrected chi connectivity index (χ2v) is 7.71. The summed E-state index contributed by atoms with van der Waals surface area (Å²) >= 11 is 0. The van der Waals surface area contributed by atoms with Gasteiger partial charge in [-0.1, -0.05) is 38.3 Å². The van der Waals surface area contributed by atoms with Crippen molar-refractivity contribution in [3.8, 4) is 0 Å². The quantitative estimate of drug-likeness (QED) is 0.213. The van der Waals surface area contributed by atoms with Crippen LogP contribution in [0.1, 0.15) is 44.6 Å². The molecule has 0 aliphatic rings. The number of carbonyl (C=O) groups is 1. The summed E-state index contributed by atoms with van der Waals surface area (Å²) in [6.07, 6.45) is 5.58. The molecule has 0 saturated carbocycles. The first-order valence-corrected chi connectivity index (χ1v) is 9.75. The Bertz CT molecular complexity index is 547. The van der Waals surface area contributed by atoms with Gasteiger partial charge in [0.15, 0.2) is 6.29 Å². The number of nitrogens with one attached hydrogen (secondary N) is 1. The minimum atomic E-state index is -4.19. The average Bonchev–Trinajstić information content (AvgIpc) is 2.49. The predicted octanol–water partition coefficient (Wildman–Crippen LogP) is 2.64. The summed E-state index contributed by atoms with van der Waals surface area (Å²) in [7, 11) is -4.19. The normalized spacial score (nSPS) is 14.3. The van der Waals surface area contributed by atoms with Crippen LogP contribution in [-0.4, -0.2) is 27.9 Å². The molecule has 0 aromatic heterocycles. The molecule has 0 aliphatic carbocycles. The summed E-state index contributed by atoms with van der Waals surface area (Å²) in [6.45, 7) is 2.17. The first-order chi connectivity index (χ1) is 10.8. The van der Waals surface area contributed by atoms with Crippen molar-refractivity contribution in [2.75, 3.05) is 11.5 Å². The number of carbonyl (C=O) groups excluding carboxylic acids is 1. The fraction of sp³-hybridized carbons (Fsp3) is 0.562. The lowest BCUT2D eigenvalue weighted by Gasteiger charge is -2.26. The Labute approximate surface area is 137 Å². The molecule has 5 N–H and O–H groups in total. The molecule has 0 bridgehead atoms. The van der Waals surface area contributed by atoms with E-state index in [1.54, 1.807) is 6.07 Å². The largest absolute Gasteiger partial charge is 0.362 e. The molecule has 1 aromatic carbocycles. The Kier molecular flexibility index (Phi) is 7.92. The highest BCUT2D eigenvalue weighted by Crippen LogP contribution is 2.36. The summed E-state index contributed by atoms with van der Waals surface area (Å²) in [6, 6.07) is 7.62. The number of nitrogens with two attached hydrogens (primary N) is 1. The highest BCUT2D eigenvalue weighted by atomic mass is 31.2. The van der Waals surface area contributed by atoms with E-state index in [1.807, 2.05) is 18.2 Å². The van der Waals surface area contributed by atoms with Gasteiger partial charge in [-0.2, -0.15) is 0 Å². The van der Waals surface area contributed by atoms with Gasteiger partial charge in [0.2, 0.25) is 0 Å². The molecule has 0 spiro atoms. The van der Waals surface area contributed by atoms with Crippen LogP contribution in [0.5, 0.6) is 0 Å². The monoisotopic (exact) mass is 342 g/mol. The standard InChI is InChI=1S/C16H27N2O4P/c1-2-3-4-5-7-14-8-6-9-15(12-14)18-16(17,13-19)10-11-23(20,21)22/h6,8-9,12-13,18H,2-5,7,10-11,17H2,1H3,(H2,20,21,22)/t16-/m1/s1. The number of hydrogen-bond donors (Lipinski definition) is 4. The van der Waals surface area contributed by atoms with Gasteiger partial charge in [0, 0.05) is 12.1 Å². The summed E-state index contributed by atoms with van der Waals surface area (Å²) in [5.74, 6) is 0. The molecule has 1 rings (SSSR count). The van der Waals surface area contributed by atoms with Crippen molar-refractivity contribution in [1.29, 1.82) is 0 Å². The van der Waals surface area contributed by atoms with Crippen molar-refractivity contribution < 1.29 is 19.1 Å². The highest BCUT2D eigenvalue weighted by Gasteiger charge is 2.28. The lowest BCUT2D eigenvalue weighted by molar-refractivity contribution is -0.111. The number of unbranched alkanes of at least 4 members (excludes halogenated alkanes) is 3. The van der Waals surface area contributed by atoms with E-state index < -0.39 is 19.4 Å². The molecule has 0 heterocycles. The van der Waals surface area contributed by atoms with Gasteiger partial charge in [-0.3, -0.25) is 9.36 Å². The first kappa shape index (κ1) is 19.8. The van der Waals surface area contributed by atoms with Gasteiger partial charge in [-0.05, 0) is 30.5 Å². The van der Waals surface area contributed by atoms with Crippen LogP contribution in [0.15, 0.2) is 24.3 Å². The molecule has 6 nitrogen and oxygen atoms in total. The Morgan fingerprint density at radius 1 is 1.30 bits per heavy atom. The van der Waals surface area contributed by atoms with E-state index in [4.69, 9.17) is 15.5 Å². The molecule has 0 fully saturated rings. The van der Waals surface area contributed by atoms with Gasteiger partial charge in [0.05, 0.1) is 6.16 Å². The number of hydrogen-bond acceptors (Lipinski definition) is 4. The molecule has 7 heteroatoms. The smallest absolute Gasteiger partial charge is 0.325 e. The van der Waals surface area contributed by atoms with E-state index in [1.165, 1.54) is 19.3 Å². The van der Waals surface area contributed by atoms with Crippen LogP contribution >= 0.6 is 7.60 Å². The van der Waals surface area contributed by atoms with E-state index in [-0.39, 0.29) is 6.42 Å². The minimum absolute atomic E-state index is 0.137. The molecule has 0 amide bonds. The van der Waals surface area contributed by atoms with Crippen molar-refractivity contribution in [2.45, 2.75) is 51.1 Å². The average molecular weight is 342 g/mol. The van der Waals surface area contributed by atoms with Crippen molar-refractivity contribution >= 4 is 19.6 Å². The molecule has 1 aromatic rings. The van der Waals surface area contributed by atoms with Crippen molar-refractivity contribution in [1.82, 2.24) is 0 Å². The lowest BCUT2D eigenvalue weighted by atomic mass is 10.0. The van der Waals surface area contributed by atoms with Gasteiger partial charge in [-0.15, -0.1) is 0 Å². The zero-order valence-electron chi connectivity index (χ0n) is 13.6. The third-order valence-corrected chi connectivity index (χ3v) is 4.46. The fourth-order valence-electron chi connectivity index (χ4n) is 2.31. The molecule has 23 heavy (non-hydrogen) atoms. The summed E-state index contributed by atoms with van der Waals surface area (Å²) in [5, 5.41) is 2.89. The van der Waals surface area contributed by atoms with E-state index in [0.717, 1.165) is 18.4 Å². The molecule has 1 atom stereocenters. The number of aryl methyl sites for hydroxylation is 1. The molecular weight excluding hydrogens is 315 g/mol. The Hall–Kier alpha value is -1.20. The predicted molar refractivity (Wildman–Crippen MR) is 92.4 cm³/mol. The van der Waals surface area contributed by atoms with Gasteiger partial charge in [0.1, 0.15) is 5.66 Å². The number of anilines is 1. The summed E-state index contributed by atoms with van der Waals surface area (Å²) in [4.78, 5) is 29.1. The second-order valence-electron chi connectivity index (χ2n) is 5.93. The third-order valence-electron chi connectivity index (χ3n) is 3.65. The molecule has 130 valence electrons. The Morgan fingerprint density at radius 2 is 2.04 bits per heavy atom. The molecular formula is C16H27N2O4P. The number of aldehydes is 1. The van der Waals surface area contributed by atoms with Crippen LogP contribution < -0.4 is 11.1 Å². The van der Waals surface area contributed by atoms with E-state index in [2.05, 4.69) is 12.2 Å². The maximum Gasteiger partial charge on any atom is 0.325 e. The van der Waals surface area contributed by atoms with Gasteiger partial charge < -0.3 is 20.8 Å². The van der Waals surface area contributed by atoms with Crippen molar-refractivity contribution in [3.63, 3.8) is 0 Å². The zero-order valence-corrected chi connectivity index (χ0v) is 14.5. The van der Waals surface area contributed by atoms with E-state index >= 15 is 0 Å². The van der Waals surface area contributed by atoms with Crippen LogP contribution in [0.25, 0.3) is 0 Å². The lowest BCUT2D eigenvalue weighted by Crippen LogP contribution is -2.50. The van der Waals surface area contributed by atoms with Crippen LogP contribution in [0.4, 0.5) is 5.69 Å². The molecule has 0 aliphatic heterocycles. The van der Waals surface area contributed by atoms with Gasteiger partial charge in [-0.25, -0.2) is 0 Å². The van der Waals surface area contributed by atoms with Crippen molar-refractivity contribution in [3.05, 3.63) is 29.8 Å². The number of rotatable bonds is 11. The van der Waals surface area contributed by atoms with Crippen LogP contribution in [0.3, 0.4) is 0 Å². The maximum absolute atomic E-state index is 11.2. The Morgan fingerprint density at radius 3 is 2.65 bits per heavy atom. The first-order valence-electron chi connectivity index (χ1n) is 7.95. The maximum atomic E-state index is 11.2. The highest BCUT2D eigenvalue weighted by molar-refractivity contribution is 7.51. The minimum Gasteiger partial charge on any atom is -0.362 e. The van der Waals surface area contributed by atoms with E-state index in [0.29, 0.717) is 12.0 Å². The SMILES string of the molecule is CCCCCCc1cccc(N[C@@](N)(C=O)CCP(=O)(O)O)c1. The van der Waals surface area contributed by atoms with Crippen LogP contribution in [0.2, 0.25) is 0 Å². The topological polar surface area (TPSA) is 113 Å². The van der Waals surface area contributed by atoms with Gasteiger partial charge in [0.25, 0.3) is 0 Å². The van der Waals surface area contributed by atoms with Crippen LogP contribution in [-0.2, 0) is 15.8 Å². The zero-order chi connectivity index (χ0) is 17.3. The fourth-order valence-corrected chi connectivity index (χ4v) is 2.97. The summed E-state index contributed by atoms with van der Waals surface area (Å²) in [5.41, 5.74) is 6.25. The Balaban J connectivity index is 2.66. The van der Waals surface area contributed by atoms with Gasteiger partial charge >= 0.3 is 7.60 Å². The molecule has 0 radical (unpaired) electrons. The van der Waals surface area contributed by atoms with Crippen molar-refractivity contribution in [2.24, 2.45) is 5.73 Å². The number of benzene rings is 1. The van der Waals surface area contributed by atoms with Crippen LogP contribution in [0, 0.1) is 0 Å². The molecule has 0 saturated heterocycles. The third kappa shape index (κ3) is 8.28. The molecule has 0 unspecified atom stereocenters.